The van der Waals surface area contributed by atoms with Gasteiger partial charge in [0, 0.05) is 12.1 Å². The molecule has 2 rings (SSSR count). The number of hydrogen-bond donors (Lipinski definition) is 1. The molecule has 1 aromatic carbocycles. The SMILES string of the molecule is C=C/C=C\C1=C(C)C(C)c2cc(=C/S)/c(=C\C)cc2C1/N=C\C=C/C(=C)C. The molecule has 140 valence electrons. The third-order valence-electron chi connectivity index (χ3n) is 5.01. The average molecular weight is 376 g/mol. The highest BCUT2D eigenvalue weighted by molar-refractivity contribution is 7.88. The Hall–Kier alpha value is -2.32. The highest BCUT2D eigenvalue weighted by atomic mass is 32.1. The molecular formula is C25H29NS. The first-order chi connectivity index (χ1) is 12.9. The number of rotatable bonds is 5. The fourth-order valence-electron chi connectivity index (χ4n) is 3.41. The molecular weight excluding hydrogens is 346 g/mol. The molecule has 0 N–H and O–H groups in total. The zero-order valence-electron chi connectivity index (χ0n) is 16.7. The second-order valence-corrected chi connectivity index (χ2v) is 7.15. The van der Waals surface area contributed by atoms with E-state index in [1.165, 1.54) is 27.5 Å². The Morgan fingerprint density at radius 3 is 2.48 bits per heavy atom. The van der Waals surface area contributed by atoms with Crippen molar-refractivity contribution in [1.82, 2.24) is 0 Å². The Kier molecular flexibility index (Phi) is 7.44. The van der Waals surface area contributed by atoms with Crippen molar-refractivity contribution >= 4 is 30.3 Å². The van der Waals surface area contributed by atoms with Crippen molar-refractivity contribution in [3.8, 4) is 0 Å². The number of thiol groups is 1. The Morgan fingerprint density at radius 2 is 1.89 bits per heavy atom. The van der Waals surface area contributed by atoms with Crippen LogP contribution in [0.1, 0.15) is 50.8 Å². The second-order valence-electron chi connectivity index (χ2n) is 6.89. The van der Waals surface area contributed by atoms with Crippen molar-refractivity contribution in [3.63, 3.8) is 0 Å². The van der Waals surface area contributed by atoms with Gasteiger partial charge in [-0.25, -0.2) is 0 Å². The van der Waals surface area contributed by atoms with Gasteiger partial charge in [0.1, 0.15) is 6.04 Å². The molecule has 0 heterocycles. The first-order valence-electron chi connectivity index (χ1n) is 9.24. The summed E-state index contributed by atoms with van der Waals surface area (Å²) in [5, 5.41) is 4.21. The largest absolute Gasteiger partial charge is 0.280 e. The zero-order valence-corrected chi connectivity index (χ0v) is 17.6. The van der Waals surface area contributed by atoms with Crippen LogP contribution in [0.2, 0.25) is 0 Å². The first kappa shape index (κ1) is 21.0. The van der Waals surface area contributed by atoms with Crippen LogP contribution in [-0.2, 0) is 0 Å². The van der Waals surface area contributed by atoms with Crippen molar-refractivity contribution < 1.29 is 0 Å². The predicted molar refractivity (Wildman–Crippen MR) is 125 cm³/mol. The molecule has 0 radical (unpaired) electrons. The van der Waals surface area contributed by atoms with Crippen LogP contribution in [0.25, 0.3) is 11.5 Å². The van der Waals surface area contributed by atoms with Crippen LogP contribution in [0, 0.1) is 0 Å². The molecule has 0 saturated heterocycles. The van der Waals surface area contributed by atoms with Crippen LogP contribution in [0.15, 0.2) is 77.4 Å². The van der Waals surface area contributed by atoms with E-state index in [2.05, 4.69) is 70.8 Å². The molecule has 1 aliphatic carbocycles. The summed E-state index contributed by atoms with van der Waals surface area (Å²) in [6, 6.07) is 4.48. The molecule has 0 aromatic heterocycles. The number of aliphatic imine (C=N–C) groups is 1. The van der Waals surface area contributed by atoms with E-state index in [1.54, 1.807) is 0 Å². The zero-order chi connectivity index (χ0) is 20.0. The van der Waals surface area contributed by atoms with Gasteiger partial charge in [0.05, 0.1) is 0 Å². The smallest absolute Gasteiger partial charge is 0.100 e. The number of nitrogens with zero attached hydrogens (tertiary/aromatic N) is 1. The van der Waals surface area contributed by atoms with Gasteiger partial charge in [0.15, 0.2) is 0 Å². The lowest BCUT2D eigenvalue weighted by Crippen LogP contribution is -2.29. The van der Waals surface area contributed by atoms with Crippen LogP contribution in [0.4, 0.5) is 0 Å². The van der Waals surface area contributed by atoms with Gasteiger partial charge in [-0.05, 0) is 71.5 Å². The minimum Gasteiger partial charge on any atom is -0.280 e. The fraction of sp³-hybridized carbons (Fsp3) is 0.240. The lowest BCUT2D eigenvalue weighted by molar-refractivity contribution is 0.740. The second kappa shape index (κ2) is 9.57. The topological polar surface area (TPSA) is 12.4 Å². The molecule has 0 amide bonds. The maximum absolute atomic E-state index is 4.91. The molecule has 0 fully saturated rings. The first-order valence-corrected chi connectivity index (χ1v) is 9.75. The van der Waals surface area contributed by atoms with E-state index < -0.39 is 0 Å². The van der Waals surface area contributed by atoms with Gasteiger partial charge in [0.25, 0.3) is 0 Å². The van der Waals surface area contributed by atoms with Crippen LogP contribution < -0.4 is 10.4 Å². The maximum atomic E-state index is 4.91. The van der Waals surface area contributed by atoms with Crippen LogP contribution in [-0.4, -0.2) is 6.21 Å². The summed E-state index contributed by atoms with van der Waals surface area (Å²) >= 11 is 4.40. The maximum Gasteiger partial charge on any atom is 0.100 e. The van der Waals surface area contributed by atoms with E-state index in [0.717, 1.165) is 10.8 Å². The standard InChI is InChI=1S/C25H29NS/c1-7-9-12-22-18(5)19(6)23-15-21(16-27)20(8-2)14-24(23)25(22)26-13-10-11-17(3)4/h7-16,19,25,27H,1,3H2,2,4-6H3/b11-10-,12-9-,20-8-,21-16-,26-13-. The Bertz CT molecular complexity index is 970. The lowest BCUT2D eigenvalue weighted by Gasteiger charge is -2.31. The van der Waals surface area contributed by atoms with Crippen molar-refractivity contribution in [1.29, 1.82) is 0 Å². The van der Waals surface area contributed by atoms with E-state index in [0.29, 0.717) is 5.92 Å². The van der Waals surface area contributed by atoms with Gasteiger partial charge in [0.2, 0.25) is 0 Å². The summed E-state index contributed by atoms with van der Waals surface area (Å²) in [5.74, 6) is 0.333. The monoisotopic (exact) mass is 375 g/mol. The van der Waals surface area contributed by atoms with Gasteiger partial charge >= 0.3 is 0 Å². The quantitative estimate of drug-likeness (QED) is 0.392. The predicted octanol–water partition coefficient (Wildman–Crippen LogP) is 5.57. The summed E-state index contributed by atoms with van der Waals surface area (Å²) in [5.41, 5.74) is 6.16. The molecule has 0 bridgehead atoms. The number of allylic oxidation sites excluding steroid dienone is 6. The Labute approximate surface area is 169 Å². The van der Waals surface area contributed by atoms with Crippen LogP contribution in [0.5, 0.6) is 0 Å². The molecule has 2 heteroatoms. The lowest BCUT2D eigenvalue weighted by atomic mass is 9.76. The molecule has 0 aliphatic heterocycles. The molecule has 1 aliphatic rings. The number of benzene rings is 1. The van der Waals surface area contributed by atoms with Crippen molar-refractivity contribution in [2.24, 2.45) is 4.99 Å². The van der Waals surface area contributed by atoms with Crippen molar-refractivity contribution in [3.05, 3.63) is 94.0 Å². The summed E-state index contributed by atoms with van der Waals surface area (Å²) in [6.07, 6.45) is 13.9. The summed E-state index contributed by atoms with van der Waals surface area (Å²) in [6.45, 7) is 16.2. The summed E-state index contributed by atoms with van der Waals surface area (Å²) < 4.78 is 0. The van der Waals surface area contributed by atoms with Crippen molar-refractivity contribution in [2.75, 3.05) is 0 Å². The minimum atomic E-state index is -0.0326. The van der Waals surface area contributed by atoms with Gasteiger partial charge in [-0.1, -0.05) is 61.6 Å². The fourth-order valence-corrected chi connectivity index (χ4v) is 3.63. The van der Waals surface area contributed by atoms with Gasteiger partial charge < -0.3 is 0 Å². The normalized spacial score (nSPS) is 21.7. The van der Waals surface area contributed by atoms with Gasteiger partial charge in [-0.2, -0.15) is 12.6 Å². The van der Waals surface area contributed by atoms with E-state index in [4.69, 9.17) is 4.99 Å². The molecule has 27 heavy (non-hydrogen) atoms. The number of hydrogen-bond acceptors (Lipinski definition) is 2. The molecule has 0 saturated carbocycles. The Balaban J connectivity index is 2.72. The highest BCUT2D eigenvalue weighted by Gasteiger charge is 2.28. The van der Waals surface area contributed by atoms with Gasteiger partial charge in [-0.15, -0.1) is 0 Å². The molecule has 2 unspecified atom stereocenters. The average Bonchev–Trinajstić information content (AvgIpc) is 2.66. The third kappa shape index (κ3) is 4.70. The molecule has 2 atom stereocenters. The summed E-state index contributed by atoms with van der Waals surface area (Å²) in [7, 11) is 0. The van der Waals surface area contributed by atoms with E-state index in [1.807, 2.05) is 42.9 Å². The molecule has 0 spiro atoms. The van der Waals surface area contributed by atoms with Crippen molar-refractivity contribution in [2.45, 2.75) is 39.7 Å². The Morgan fingerprint density at radius 1 is 1.19 bits per heavy atom. The third-order valence-corrected chi connectivity index (χ3v) is 5.29. The van der Waals surface area contributed by atoms with E-state index in [9.17, 15) is 0 Å². The van der Waals surface area contributed by atoms with E-state index in [-0.39, 0.29) is 6.04 Å². The molecule has 1 nitrogen and oxygen atoms in total. The summed E-state index contributed by atoms with van der Waals surface area (Å²) in [4.78, 5) is 4.91. The van der Waals surface area contributed by atoms with Crippen LogP contribution >= 0.6 is 12.6 Å². The molecule has 1 aromatic rings. The highest BCUT2D eigenvalue weighted by Crippen LogP contribution is 2.42. The minimum absolute atomic E-state index is 0.0326. The van der Waals surface area contributed by atoms with Crippen LogP contribution in [0.3, 0.4) is 0 Å². The number of fused-ring (bicyclic) bond motifs is 1. The van der Waals surface area contributed by atoms with Gasteiger partial charge in [-0.3, -0.25) is 4.99 Å². The van der Waals surface area contributed by atoms with E-state index >= 15 is 0 Å².